The number of aromatic nitrogens is 1. The Kier molecular flexibility index (Phi) is 5.93. The van der Waals surface area contributed by atoms with E-state index in [9.17, 15) is 9.59 Å². The molecule has 0 unspecified atom stereocenters. The van der Waals surface area contributed by atoms with Crippen LogP contribution in [0.4, 0.5) is 16.3 Å². The first-order valence-electron chi connectivity index (χ1n) is 8.78. The quantitative estimate of drug-likeness (QED) is 0.823. The minimum Gasteiger partial charge on any atom is -0.444 e. The highest BCUT2D eigenvalue weighted by Gasteiger charge is 2.20. The van der Waals surface area contributed by atoms with Gasteiger partial charge in [-0.15, -0.1) is 0 Å². The molecule has 0 saturated heterocycles. The molecular weight excluding hydrogens is 346 g/mol. The summed E-state index contributed by atoms with van der Waals surface area (Å²) >= 11 is 0. The second-order valence-corrected chi connectivity index (χ2v) is 8.38. The predicted molar refractivity (Wildman–Crippen MR) is 104 cm³/mol. The lowest BCUT2D eigenvalue weighted by Gasteiger charge is -2.19. The van der Waals surface area contributed by atoms with E-state index in [0.29, 0.717) is 17.3 Å². The lowest BCUT2D eigenvalue weighted by Crippen LogP contribution is -2.27. The Labute approximate surface area is 159 Å². The van der Waals surface area contributed by atoms with Crippen LogP contribution in [0.1, 0.15) is 52.9 Å². The topological polar surface area (TPSA) is 93.5 Å². The van der Waals surface area contributed by atoms with E-state index in [2.05, 4.69) is 15.8 Å². The van der Waals surface area contributed by atoms with Gasteiger partial charge in [-0.3, -0.25) is 10.1 Å². The Bertz CT molecular complexity index is 796. The highest BCUT2D eigenvalue weighted by Crippen LogP contribution is 2.24. The zero-order chi connectivity index (χ0) is 20.2. The summed E-state index contributed by atoms with van der Waals surface area (Å²) in [4.78, 5) is 23.9. The number of rotatable bonds is 4. The number of benzene rings is 1. The molecule has 0 saturated carbocycles. The second kappa shape index (κ2) is 7.82. The average Bonchev–Trinajstić information content (AvgIpc) is 2.95. The molecule has 7 heteroatoms. The molecule has 0 spiro atoms. The van der Waals surface area contributed by atoms with Crippen LogP contribution in [0, 0.1) is 0 Å². The fourth-order valence-electron chi connectivity index (χ4n) is 2.19. The number of carbonyl (C=O) groups is 2. The van der Waals surface area contributed by atoms with E-state index < -0.39 is 11.7 Å². The molecule has 146 valence electrons. The van der Waals surface area contributed by atoms with Crippen molar-refractivity contribution in [2.45, 2.75) is 59.0 Å². The summed E-state index contributed by atoms with van der Waals surface area (Å²) in [7, 11) is 0. The average molecular weight is 373 g/mol. The van der Waals surface area contributed by atoms with Crippen LogP contribution in [0.2, 0.25) is 0 Å². The third kappa shape index (κ3) is 6.77. The number of amides is 2. The van der Waals surface area contributed by atoms with Gasteiger partial charge >= 0.3 is 6.09 Å². The highest BCUT2D eigenvalue weighted by molar-refractivity contribution is 5.91. The minimum absolute atomic E-state index is 0.174. The molecule has 0 bridgehead atoms. The normalized spacial score (nSPS) is 11.8. The summed E-state index contributed by atoms with van der Waals surface area (Å²) in [5.74, 6) is 0.903. The molecule has 0 aliphatic carbocycles. The number of hydrogen-bond acceptors (Lipinski definition) is 5. The molecule has 0 fully saturated rings. The molecule has 2 N–H and O–H groups in total. The third-order valence-electron chi connectivity index (χ3n) is 3.48. The highest BCUT2D eigenvalue weighted by atomic mass is 16.6. The predicted octanol–water partition coefficient (Wildman–Crippen LogP) is 4.50. The largest absolute Gasteiger partial charge is 0.444 e. The van der Waals surface area contributed by atoms with E-state index in [4.69, 9.17) is 9.26 Å². The van der Waals surface area contributed by atoms with Crippen LogP contribution in [0.3, 0.4) is 0 Å². The van der Waals surface area contributed by atoms with Gasteiger partial charge in [-0.05, 0) is 38.5 Å². The summed E-state index contributed by atoms with van der Waals surface area (Å²) in [6.07, 6.45) is -0.335. The van der Waals surface area contributed by atoms with Crippen molar-refractivity contribution < 1.29 is 18.8 Å². The molecule has 2 rings (SSSR count). The van der Waals surface area contributed by atoms with E-state index >= 15 is 0 Å². The first-order valence-corrected chi connectivity index (χ1v) is 8.78. The first-order chi connectivity index (χ1) is 12.4. The molecule has 1 heterocycles. The molecule has 7 nitrogen and oxygen atoms in total. The van der Waals surface area contributed by atoms with E-state index in [1.165, 1.54) is 0 Å². The van der Waals surface area contributed by atoms with Crippen LogP contribution in [0.25, 0.3) is 0 Å². The Hall–Kier alpha value is -2.83. The standard InChI is InChI=1S/C20H27N3O4/c1-19(2,3)15-12-16(23-27-15)22-17(24)11-13-7-9-14(10-8-13)21-18(25)26-20(4,5)6/h7-10,12H,11H2,1-6H3,(H,21,25)(H,22,23,24). The van der Waals surface area contributed by atoms with Gasteiger partial charge in [0.05, 0.1) is 6.42 Å². The van der Waals surface area contributed by atoms with Crippen molar-refractivity contribution in [3.8, 4) is 0 Å². The summed E-state index contributed by atoms with van der Waals surface area (Å²) in [5.41, 5.74) is 0.671. The molecule has 0 aliphatic rings. The van der Waals surface area contributed by atoms with Gasteiger partial charge in [-0.25, -0.2) is 4.79 Å². The Morgan fingerprint density at radius 3 is 2.19 bits per heavy atom. The molecule has 2 aromatic rings. The van der Waals surface area contributed by atoms with E-state index in [1.807, 2.05) is 20.8 Å². The SMILES string of the molecule is CC(C)(C)OC(=O)Nc1ccc(CC(=O)Nc2cc(C(C)(C)C)on2)cc1. The number of nitrogens with one attached hydrogen (secondary N) is 2. The zero-order valence-corrected chi connectivity index (χ0v) is 16.7. The molecule has 2 amide bonds. The van der Waals surface area contributed by atoms with Crippen molar-refractivity contribution in [1.29, 1.82) is 0 Å². The van der Waals surface area contributed by atoms with Crippen LogP contribution in [0.5, 0.6) is 0 Å². The van der Waals surface area contributed by atoms with Crippen LogP contribution in [-0.4, -0.2) is 22.8 Å². The summed E-state index contributed by atoms with van der Waals surface area (Å²) in [6.45, 7) is 11.4. The maximum Gasteiger partial charge on any atom is 0.412 e. The fraction of sp³-hybridized carbons (Fsp3) is 0.450. The van der Waals surface area contributed by atoms with Crippen molar-refractivity contribution in [3.63, 3.8) is 0 Å². The minimum atomic E-state index is -0.559. The molecule has 0 atom stereocenters. The number of anilines is 2. The lowest BCUT2D eigenvalue weighted by molar-refractivity contribution is -0.115. The Morgan fingerprint density at radius 1 is 1.04 bits per heavy atom. The van der Waals surface area contributed by atoms with E-state index in [-0.39, 0.29) is 17.7 Å². The molecule has 27 heavy (non-hydrogen) atoms. The zero-order valence-electron chi connectivity index (χ0n) is 16.7. The van der Waals surface area contributed by atoms with Gasteiger partial charge in [-0.1, -0.05) is 38.1 Å². The Balaban J connectivity index is 1.89. The van der Waals surface area contributed by atoms with Crippen molar-refractivity contribution in [2.75, 3.05) is 10.6 Å². The van der Waals surface area contributed by atoms with E-state index in [1.54, 1.807) is 51.1 Å². The van der Waals surface area contributed by atoms with Gasteiger partial charge in [-0.2, -0.15) is 0 Å². The fourth-order valence-corrected chi connectivity index (χ4v) is 2.19. The number of carbonyl (C=O) groups excluding carboxylic acids is 2. The molecular formula is C20H27N3O4. The first kappa shape index (κ1) is 20.5. The van der Waals surface area contributed by atoms with Crippen molar-refractivity contribution in [1.82, 2.24) is 5.16 Å². The van der Waals surface area contributed by atoms with Crippen LogP contribution >= 0.6 is 0 Å². The van der Waals surface area contributed by atoms with Gasteiger partial charge in [0.2, 0.25) is 5.91 Å². The van der Waals surface area contributed by atoms with Gasteiger partial charge in [0.1, 0.15) is 11.4 Å². The smallest absolute Gasteiger partial charge is 0.412 e. The number of hydrogen-bond donors (Lipinski definition) is 2. The van der Waals surface area contributed by atoms with E-state index in [0.717, 1.165) is 5.56 Å². The number of ether oxygens (including phenoxy) is 1. The van der Waals surface area contributed by atoms with Gasteiger partial charge in [0.25, 0.3) is 0 Å². The summed E-state index contributed by atoms with van der Waals surface area (Å²) in [5, 5.41) is 9.25. The molecule has 0 aliphatic heterocycles. The number of nitrogens with zero attached hydrogens (tertiary/aromatic N) is 1. The monoisotopic (exact) mass is 373 g/mol. The Morgan fingerprint density at radius 2 is 1.67 bits per heavy atom. The van der Waals surface area contributed by atoms with Crippen molar-refractivity contribution in [3.05, 3.63) is 41.7 Å². The maximum atomic E-state index is 12.2. The lowest BCUT2D eigenvalue weighted by atomic mass is 9.93. The van der Waals surface area contributed by atoms with Gasteiger partial charge < -0.3 is 14.6 Å². The summed E-state index contributed by atoms with van der Waals surface area (Å²) < 4.78 is 10.4. The molecule has 0 radical (unpaired) electrons. The van der Waals surface area contributed by atoms with Crippen molar-refractivity contribution in [2.24, 2.45) is 0 Å². The third-order valence-corrected chi connectivity index (χ3v) is 3.48. The maximum absolute atomic E-state index is 12.2. The van der Waals surface area contributed by atoms with Crippen LogP contribution in [0.15, 0.2) is 34.9 Å². The second-order valence-electron chi connectivity index (χ2n) is 8.38. The van der Waals surface area contributed by atoms with Gasteiger partial charge in [0, 0.05) is 17.2 Å². The molecule has 1 aromatic carbocycles. The van der Waals surface area contributed by atoms with Crippen molar-refractivity contribution >= 4 is 23.5 Å². The van der Waals surface area contributed by atoms with Crippen LogP contribution in [-0.2, 0) is 21.4 Å². The summed E-state index contributed by atoms with van der Waals surface area (Å²) in [6, 6.07) is 8.72. The van der Waals surface area contributed by atoms with Gasteiger partial charge in [0.15, 0.2) is 5.82 Å². The molecule has 1 aromatic heterocycles. The van der Waals surface area contributed by atoms with Crippen LogP contribution < -0.4 is 10.6 Å².